The number of rotatable bonds is 5. The molecule has 5 heteroatoms. The van der Waals surface area contributed by atoms with Crippen molar-refractivity contribution in [3.8, 4) is 0 Å². The summed E-state index contributed by atoms with van der Waals surface area (Å²) in [5.41, 5.74) is 0. The van der Waals surface area contributed by atoms with Crippen LogP contribution in [0.1, 0.15) is 57.2 Å². The Labute approximate surface area is 121 Å². The van der Waals surface area contributed by atoms with E-state index < -0.39 is 0 Å². The van der Waals surface area contributed by atoms with Crippen LogP contribution in [0.5, 0.6) is 0 Å². The topological polar surface area (TPSA) is 54.2 Å². The van der Waals surface area contributed by atoms with E-state index in [0.717, 1.165) is 24.8 Å². The number of nitrogens with zero attached hydrogens (tertiary/aromatic N) is 3. The first-order chi connectivity index (χ1) is 9.76. The molecule has 2 aliphatic heterocycles. The largest absolute Gasteiger partial charge is 0.338 e. The van der Waals surface area contributed by atoms with E-state index in [2.05, 4.69) is 27.3 Å². The molecule has 0 spiro atoms. The normalized spacial score (nSPS) is 30.6. The van der Waals surface area contributed by atoms with Crippen molar-refractivity contribution in [3.05, 3.63) is 11.7 Å². The van der Waals surface area contributed by atoms with Crippen LogP contribution in [0.4, 0.5) is 0 Å². The molecule has 2 atom stereocenters. The van der Waals surface area contributed by atoms with Gasteiger partial charge in [-0.25, -0.2) is 0 Å². The molecule has 1 N–H and O–H groups in total. The van der Waals surface area contributed by atoms with Gasteiger partial charge in [0.05, 0.1) is 6.54 Å². The molecule has 0 amide bonds. The van der Waals surface area contributed by atoms with Crippen LogP contribution in [0, 0.1) is 6.92 Å². The number of aromatic nitrogens is 2. The molecule has 2 bridgehead atoms. The first kappa shape index (κ1) is 14.0. The second kappa shape index (κ2) is 6.22. The summed E-state index contributed by atoms with van der Waals surface area (Å²) in [7, 11) is 0. The number of hydrogen-bond acceptors (Lipinski definition) is 5. The molecule has 2 unspecified atom stereocenters. The van der Waals surface area contributed by atoms with Crippen molar-refractivity contribution in [2.24, 2.45) is 0 Å². The van der Waals surface area contributed by atoms with E-state index in [4.69, 9.17) is 4.52 Å². The molecule has 0 aromatic carbocycles. The highest BCUT2D eigenvalue weighted by Crippen LogP contribution is 2.35. The third-order valence-corrected chi connectivity index (χ3v) is 4.70. The number of nitrogens with one attached hydrogen (secondary N) is 1. The molecular formula is C15H26N4O. The van der Waals surface area contributed by atoms with Gasteiger partial charge in [-0.3, -0.25) is 4.90 Å². The van der Waals surface area contributed by atoms with E-state index in [1.165, 1.54) is 38.5 Å². The highest BCUT2D eigenvalue weighted by Gasteiger charge is 2.38. The maximum atomic E-state index is 5.31. The molecule has 2 aliphatic rings. The van der Waals surface area contributed by atoms with Gasteiger partial charge in [0.25, 0.3) is 0 Å². The van der Waals surface area contributed by atoms with E-state index in [0.29, 0.717) is 18.1 Å². The molecule has 20 heavy (non-hydrogen) atoms. The second-order valence-corrected chi connectivity index (χ2v) is 6.27. The third kappa shape index (κ3) is 3.04. The molecule has 2 fully saturated rings. The molecule has 0 saturated carbocycles. The minimum absolute atomic E-state index is 0.684. The highest BCUT2D eigenvalue weighted by atomic mass is 16.5. The van der Waals surface area contributed by atoms with E-state index in [-0.39, 0.29) is 0 Å². The van der Waals surface area contributed by atoms with Gasteiger partial charge in [-0.1, -0.05) is 18.5 Å². The van der Waals surface area contributed by atoms with Gasteiger partial charge in [0.15, 0.2) is 5.82 Å². The Hall–Kier alpha value is -0.940. The van der Waals surface area contributed by atoms with E-state index in [9.17, 15) is 0 Å². The Morgan fingerprint density at radius 1 is 1.30 bits per heavy atom. The minimum Gasteiger partial charge on any atom is -0.338 e. The van der Waals surface area contributed by atoms with Crippen LogP contribution in [0.15, 0.2) is 4.52 Å². The molecule has 0 radical (unpaired) electrons. The Balaban J connectivity index is 1.64. The lowest BCUT2D eigenvalue weighted by atomic mass is 9.81. The van der Waals surface area contributed by atoms with Gasteiger partial charge in [0.2, 0.25) is 5.89 Å². The molecular weight excluding hydrogens is 252 g/mol. The van der Waals surface area contributed by atoms with Crippen molar-refractivity contribution >= 4 is 0 Å². The average molecular weight is 278 g/mol. The van der Waals surface area contributed by atoms with Crippen LogP contribution in [-0.4, -0.2) is 39.7 Å². The fraction of sp³-hybridized carbons (Fsp3) is 0.867. The molecule has 112 valence electrons. The molecule has 2 saturated heterocycles. The summed E-state index contributed by atoms with van der Waals surface area (Å²) in [6, 6.07) is 2.07. The predicted molar refractivity (Wildman–Crippen MR) is 77.3 cm³/mol. The van der Waals surface area contributed by atoms with Crippen molar-refractivity contribution in [1.29, 1.82) is 0 Å². The van der Waals surface area contributed by atoms with E-state index in [1.54, 1.807) is 0 Å². The Bertz CT molecular complexity index is 419. The monoisotopic (exact) mass is 278 g/mol. The molecule has 0 aliphatic carbocycles. The summed E-state index contributed by atoms with van der Waals surface area (Å²) in [6.07, 6.45) is 7.75. The molecule has 1 aromatic heterocycles. The van der Waals surface area contributed by atoms with Crippen molar-refractivity contribution in [3.63, 3.8) is 0 Å². The van der Waals surface area contributed by atoms with Gasteiger partial charge in [-0.05, 0) is 45.6 Å². The summed E-state index contributed by atoms with van der Waals surface area (Å²) in [4.78, 5) is 6.98. The minimum atomic E-state index is 0.684. The first-order valence-electron chi connectivity index (χ1n) is 8.04. The van der Waals surface area contributed by atoms with Crippen molar-refractivity contribution in [2.45, 2.75) is 77.0 Å². The zero-order valence-corrected chi connectivity index (χ0v) is 12.6. The second-order valence-electron chi connectivity index (χ2n) is 6.27. The predicted octanol–water partition coefficient (Wildman–Crippen LogP) is 2.26. The zero-order valence-electron chi connectivity index (χ0n) is 12.6. The lowest BCUT2D eigenvalue weighted by molar-refractivity contribution is 0.0103. The van der Waals surface area contributed by atoms with Crippen LogP contribution >= 0.6 is 0 Å². The summed E-state index contributed by atoms with van der Waals surface area (Å²) >= 11 is 0. The van der Waals surface area contributed by atoms with Gasteiger partial charge in [-0.2, -0.15) is 4.98 Å². The van der Waals surface area contributed by atoms with Gasteiger partial charge in [0, 0.05) is 18.1 Å². The maximum Gasteiger partial charge on any atom is 0.240 e. The van der Waals surface area contributed by atoms with E-state index >= 15 is 0 Å². The Morgan fingerprint density at radius 2 is 2.05 bits per heavy atom. The van der Waals surface area contributed by atoms with Crippen molar-refractivity contribution in [2.75, 3.05) is 6.54 Å². The standard InChI is InChI=1S/C15H26N4O/c1-3-7-16-12-8-13-5-4-6-14(9-12)19(13)10-15-17-11(2)18-20-15/h12-14,16H,3-10H2,1-2H3. The van der Waals surface area contributed by atoms with E-state index in [1.807, 2.05) is 6.92 Å². The number of piperidine rings is 2. The van der Waals surface area contributed by atoms with Crippen LogP contribution in [0.2, 0.25) is 0 Å². The van der Waals surface area contributed by atoms with Crippen LogP contribution in [0.3, 0.4) is 0 Å². The number of hydrogen-bond donors (Lipinski definition) is 1. The highest BCUT2D eigenvalue weighted by molar-refractivity contribution is 4.97. The zero-order chi connectivity index (χ0) is 13.9. The third-order valence-electron chi connectivity index (χ3n) is 4.70. The van der Waals surface area contributed by atoms with Crippen LogP contribution < -0.4 is 5.32 Å². The van der Waals surface area contributed by atoms with Crippen molar-refractivity contribution < 1.29 is 4.52 Å². The smallest absolute Gasteiger partial charge is 0.240 e. The fourth-order valence-corrected chi connectivity index (χ4v) is 3.81. The fourth-order valence-electron chi connectivity index (χ4n) is 3.81. The summed E-state index contributed by atoms with van der Waals surface area (Å²) < 4.78 is 5.31. The summed E-state index contributed by atoms with van der Waals surface area (Å²) in [5.74, 6) is 1.52. The lowest BCUT2D eigenvalue weighted by Gasteiger charge is -2.48. The maximum absolute atomic E-state index is 5.31. The molecule has 5 nitrogen and oxygen atoms in total. The molecule has 3 rings (SSSR count). The lowest BCUT2D eigenvalue weighted by Crippen LogP contribution is -2.55. The Kier molecular flexibility index (Phi) is 4.36. The van der Waals surface area contributed by atoms with Gasteiger partial charge in [-0.15, -0.1) is 0 Å². The molecule has 1 aromatic rings. The average Bonchev–Trinajstić information content (AvgIpc) is 2.82. The molecule has 3 heterocycles. The summed E-state index contributed by atoms with van der Waals surface area (Å²) in [5, 5.41) is 7.62. The van der Waals surface area contributed by atoms with Crippen molar-refractivity contribution in [1.82, 2.24) is 20.4 Å². The Morgan fingerprint density at radius 3 is 2.65 bits per heavy atom. The summed E-state index contributed by atoms with van der Waals surface area (Å²) in [6.45, 7) is 6.10. The van der Waals surface area contributed by atoms with Gasteiger partial charge >= 0.3 is 0 Å². The number of fused-ring (bicyclic) bond motifs is 2. The SMILES string of the molecule is CCCNC1CC2CCCC(C1)N2Cc1nc(C)no1. The van der Waals surface area contributed by atoms with Crippen LogP contribution in [0.25, 0.3) is 0 Å². The van der Waals surface area contributed by atoms with Gasteiger partial charge in [0.1, 0.15) is 0 Å². The van der Waals surface area contributed by atoms with Crippen LogP contribution in [-0.2, 0) is 6.54 Å². The quantitative estimate of drug-likeness (QED) is 0.895. The first-order valence-corrected chi connectivity index (χ1v) is 8.04. The van der Waals surface area contributed by atoms with Gasteiger partial charge < -0.3 is 9.84 Å². The number of aryl methyl sites for hydroxylation is 1.